The summed E-state index contributed by atoms with van der Waals surface area (Å²) in [5, 5.41) is 3.18. The molecule has 0 aliphatic carbocycles. The van der Waals surface area contributed by atoms with E-state index in [1.165, 1.54) is 0 Å². The standard InChI is InChI=1S/C21H21ClN2O4/c1-14(15-5-3-2-4-6-15)24-12-16(11-20(24)26)21(27)28-13-19(25)23-18-9-7-17(22)8-10-18/h2-10,14,16H,11-13H2,1H3,(H,23,25)/t14-,16-/m1/s1. The number of benzene rings is 2. The van der Waals surface area contributed by atoms with Crippen molar-refractivity contribution in [2.24, 2.45) is 5.92 Å². The van der Waals surface area contributed by atoms with Crippen molar-refractivity contribution in [2.45, 2.75) is 19.4 Å². The van der Waals surface area contributed by atoms with Gasteiger partial charge in [-0.15, -0.1) is 0 Å². The van der Waals surface area contributed by atoms with E-state index in [4.69, 9.17) is 16.3 Å². The number of esters is 1. The van der Waals surface area contributed by atoms with Crippen molar-refractivity contribution < 1.29 is 19.1 Å². The van der Waals surface area contributed by atoms with Crippen LogP contribution in [0.2, 0.25) is 5.02 Å². The number of rotatable bonds is 6. The highest BCUT2D eigenvalue weighted by atomic mass is 35.5. The molecule has 28 heavy (non-hydrogen) atoms. The van der Waals surface area contributed by atoms with Gasteiger partial charge in [0.1, 0.15) is 0 Å². The average molecular weight is 401 g/mol. The number of nitrogens with zero attached hydrogens (tertiary/aromatic N) is 1. The Labute approximate surface area is 168 Å². The Morgan fingerprint density at radius 3 is 2.54 bits per heavy atom. The van der Waals surface area contributed by atoms with Crippen LogP contribution >= 0.6 is 11.6 Å². The van der Waals surface area contributed by atoms with E-state index in [1.54, 1.807) is 29.2 Å². The molecule has 0 radical (unpaired) electrons. The molecule has 7 heteroatoms. The van der Waals surface area contributed by atoms with Gasteiger partial charge in [0.05, 0.1) is 12.0 Å². The number of likely N-dealkylation sites (tertiary alicyclic amines) is 1. The molecular formula is C21H21ClN2O4. The highest BCUT2D eigenvalue weighted by Crippen LogP contribution is 2.29. The second kappa shape index (κ2) is 8.89. The van der Waals surface area contributed by atoms with Crippen molar-refractivity contribution in [3.05, 3.63) is 65.2 Å². The van der Waals surface area contributed by atoms with Gasteiger partial charge in [0, 0.05) is 23.7 Å². The lowest BCUT2D eigenvalue weighted by Gasteiger charge is -2.25. The number of carbonyl (C=O) groups is 3. The molecule has 1 fully saturated rings. The summed E-state index contributed by atoms with van der Waals surface area (Å²) in [4.78, 5) is 38.3. The van der Waals surface area contributed by atoms with Crippen LogP contribution in [0.15, 0.2) is 54.6 Å². The minimum Gasteiger partial charge on any atom is -0.455 e. The lowest BCUT2D eigenvalue weighted by molar-refractivity contribution is -0.151. The fourth-order valence-electron chi connectivity index (χ4n) is 3.16. The average Bonchev–Trinajstić information content (AvgIpc) is 3.10. The molecule has 1 aliphatic heterocycles. The third-order valence-corrected chi connectivity index (χ3v) is 4.97. The van der Waals surface area contributed by atoms with Crippen molar-refractivity contribution in [1.29, 1.82) is 0 Å². The van der Waals surface area contributed by atoms with E-state index in [2.05, 4.69) is 5.32 Å². The summed E-state index contributed by atoms with van der Waals surface area (Å²) in [6, 6.07) is 16.1. The molecule has 2 amide bonds. The number of hydrogen-bond donors (Lipinski definition) is 1. The molecule has 2 atom stereocenters. The van der Waals surface area contributed by atoms with Gasteiger partial charge >= 0.3 is 5.97 Å². The Balaban J connectivity index is 1.50. The van der Waals surface area contributed by atoms with E-state index in [0.29, 0.717) is 10.7 Å². The monoisotopic (exact) mass is 400 g/mol. The summed E-state index contributed by atoms with van der Waals surface area (Å²) >= 11 is 5.79. The Hall–Kier alpha value is -2.86. The number of ether oxygens (including phenoxy) is 1. The molecule has 0 saturated carbocycles. The summed E-state index contributed by atoms with van der Waals surface area (Å²) in [6.07, 6.45) is 0.0921. The molecular weight excluding hydrogens is 380 g/mol. The van der Waals surface area contributed by atoms with E-state index < -0.39 is 24.4 Å². The Kier molecular flexibility index (Phi) is 6.31. The van der Waals surface area contributed by atoms with Crippen molar-refractivity contribution in [3.63, 3.8) is 0 Å². The molecule has 3 rings (SSSR count). The molecule has 1 aliphatic rings. The van der Waals surface area contributed by atoms with E-state index in [9.17, 15) is 14.4 Å². The van der Waals surface area contributed by atoms with Crippen LogP contribution in [0.3, 0.4) is 0 Å². The number of carbonyl (C=O) groups excluding carboxylic acids is 3. The lowest BCUT2D eigenvalue weighted by Crippen LogP contribution is -2.30. The summed E-state index contributed by atoms with van der Waals surface area (Å²) in [7, 11) is 0. The summed E-state index contributed by atoms with van der Waals surface area (Å²) in [5.41, 5.74) is 1.57. The smallest absolute Gasteiger partial charge is 0.311 e. The van der Waals surface area contributed by atoms with Crippen LogP contribution in [-0.4, -0.2) is 35.8 Å². The number of hydrogen-bond acceptors (Lipinski definition) is 4. The number of anilines is 1. The first-order valence-electron chi connectivity index (χ1n) is 9.00. The second-order valence-corrected chi connectivity index (χ2v) is 7.13. The third kappa shape index (κ3) is 4.89. The maximum absolute atomic E-state index is 12.3. The van der Waals surface area contributed by atoms with E-state index in [-0.39, 0.29) is 24.9 Å². The normalized spacial score (nSPS) is 17.3. The SMILES string of the molecule is C[C@H](c1ccccc1)N1C[C@H](C(=O)OCC(=O)Nc2ccc(Cl)cc2)CC1=O. The van der Waals surface area contributed by atoms with Gasteiger partial charge in [-0.2, -0.15) is 0 Å². The molecule has 1 N–H and O–H groups in total. The number of halogens is 1. The zero-order valence-corrected chi connectivity index (χ0v) is 16.2. The maximum Gasteiger partial charge on any atom is 0.311 e. The van der Waals surface area contributed by atoms with Gasteiger partial charge < -0.3 is 15.0 Å². The van der Waals surface area contributed by atoms with Gasteiger partial charge in [0.15, 0.2) is 6.61 Å². The van der Waals surface area contributed by atoms with Crippen LogP contribution in [0.5, 0.6) is 0 Å². The zero-order chi connectivity index (χ0) is 20.1. The van der Waals surface area contributed by atoms with Gasteiger partial charge in [0.25, 0.3) is 5.91 Å². The van der Waals surface area contributed by atoms with Gasteiger partial charge in [-0.25, -0.2) is 0 Å². The van der Waals surface area contributed by atoms with Crippen LogP contribution in [-0.2, 0) is 19.1 Å². The maximum atomic E-state index is 12.3. The topological polar surface area (TPSA) is 75.7 Å². The van der Waals surface area contributed by atoms with Gasteiger partial charge in [-0.05, 0) is 36.8 Å². The first-order chi connectivity index (χ1) is 13.4. The molecule has 0 spiro atoms. The third-order valence-electron chi connectivity index (χ3n) is 4.71. The van der Waals surface area contributed by atoms with Crippen LogP contribution in [0.1, 0.15) is 24.9 Å². The minimum absolute atomic E-state index is 0.0921. The van der Waals surface area contributed by atoms with Crippen LogP contribution in [0.4, 0.5) is 5.69 Å². The van der Waals surface area contributed by atoms with Crippen molar-refractivity contribution in [1.82, 2.24) is 4.90 Å². The van der Waals surface area contributed by atoms with E-state index >= 15 is 0 Å². The fraction of sp³-hybridized carbons (Fsp3) is 0.286. The summed E-state index contributed by atoms with van der Waals surface area (Å²) in [6.45, 7) is 1.81. The first kappa shape index (κ1) is 19.9. The van der Waals surface area contributed by atoms with Gasteiger partial charge in [-0.1, -0.05) is 41.9 Å². The van der Waals surface area contributed by atoms with Gasteiger partial charge in [0.2, 0.25) is 5.91 Å². The summed E-state index contributed by atoms with van der Waals surface area (Å²) < 4.78 is 5.11. The highest BCUT2D eigenvalue weighted by Gasteiger charge is 2.38. The predicted molar refractivity (Wildman–Crippen MR) is 106 cm³/mol. The summed E-state index contributed by atoms with van der Waals surface area (Å²) in [5.74, 6) is -1.65. The highest BCUT2D eigenvalue weighted by molar-refractivity contribution is 6.30. The predicted octanol–water partition coefficient (Wildman–Crippen LogP) is 3.43. The lowest BCUT2D eigenvalue weighted by atomic mass is 10.1. The molecule has 0 aromatic heterocycles. The number of nitrogens with one attached hydrogen (secondary N) is 1. The zero-order valence-electron chi connectivity index (χ0n) is 15.4. The Bertz CT molecular complexity index is 854. The van der Waals surface area contributed by atoms with E-state index in [1.807, 2.05) is 37.3 Å². The Morgan fingerprint density at radius 1 is 1.18 bits per heavy atom. The van der Waals surface area contributed by atoms with Gasteiger partial charge in [-0.3, -0.25) is 14.4 Å². The number of amides is 2. The van der Waals surface area contributed by atoms with Crippen LogP contribution in [0.25, 0.3) is 0 Å². The molecule has 1 saturated heterocycles. The molecule has 1 heterocycles. The van der Waals surface area contributed by atoms with Crippen LogP contribution < -0.4 is 5.32 Å². The quantitative estimate of drug-likeness (QED) is 0.754. The minimum atomic E-state index is -0.568. The molecule has 2 aromatic carbocycles. The Morgan fingerprint density at radius 2 is 1.86 bits per heavy atom. The van der Waals surface area contributed by atoms with Crippen molar-refractivity contribution in [2.75, 3.05) is 18.5 Å². The molecule has 146 valence electrons. The van der Waals surface area contributed by atoms with Crippen LogP contribution in [0, 0.1) is 5.92 Å². The fourth-order valence-corrected chi connectivity index (χ4v) is 3.29. The van der Waals surface area contributed by atoms with Crippen molar-refractivity contribution >= 4 is 35.1 Å². The first-order valence-corrected chi connectivity index (χ1v) is 9.38. The second-order valence-electron chi connectivity index (χ2n) is 6.70. The van der Waals surface area contributed by atoms with E-state index in [0.717, 1.165) is 5.56 Å². The molecule has 2 aromatic rings. The van der Waals surface area contributed by atoms with Crippen molar-refractivity contribution in [3.8, 4) is 0 Å². The molecule has 0 unspecified atom stereocenters. The largest absolute Gasteiger partial charge is 0.455 e. The molecule has 0 bridgehead atoms. The molecule has 6 nitrogen and oxygen atoms in total.